The zero-order valence-corrected chi connectivity index (χ0v) is 10.2. The summed E-state index contributed by atoms with van der Waals surface area (Å²) in [5.74, 6) is 1.62. The van der Waals surface area contributed by atoms with E-state index in [1.807, 2.05) is 18.2 Å². The van der Waals surface area contributed by atoms with E-state index < -0.39 is 0 Å². The highest BCUT2D eigenvalue weighted by molar-refractivity contribution is 9.10. The Morgan fingerprint density at radius 2 is 2.31 bits per heavy atom. The van der Waals surface area contributed by atoms with Gasteiger partial charge in [0.2, 0.25) is 11.7 Å². The summed E-state index contributed by atoms with van der Waals surface area (Å²) < 4.78 is 10.9. The molecule has 0 saturated heterocycles. The van der Waals surface area contributed by atoms with Crippen LogP contribution in [0.5, 0.6) is 5.75 Å². The molecule has 1 aromatic carbocycles. The monoisotopic (exact) mass is 283 g/mol. The summed E-state index contributed by atoms with van der Waals surface area (Å²) in [6, 6.07) is 5.58. The Morgan fingerprint density at radius 1 is 1.50 bits per heavy atom. The summed E-state index contributed by atoms with van der Waals surface area (Å²) in [4.78, 5) is 4.15. The number of halogens is 1. The van der Waals surface area contributed by atoms with Crippen molar-refractivity contribution in [2.75, 3.05) is 7.11 Å². The molecule has 2 aromatic rings. The first-order valence-electron chi connectivity index (χ1n) is 4.61. The fraction of sp³-hybridized carbons (Fsp3) is 0.200. The summed E-state index contributed by atoms with van der Waals surface area (Å²) in [6.07, 6.45) is 0. The molecule has 0 aliphatic heterocycles. The maximum atomic E-state index is 5.40. The lowest BCUT2D eigenvalue weighted by Crippen LogP contribution is -1.95. The smallest absolute Gasteiger partial charge is 0.240 e. The summed E-state index contributed by atoms with van der Waals surface area (Å²) in [7, 11) is 1.60. The molecule has 0 spiro atoms. The first kappa shape index (κ1) is 11.1. The molecule has 0 radical (unpaired) electrons. The van der Waals surface area contributed by atoms with Gasteiger partial charge in [-0.05, 0) is 28.1 Å². The van der Waals surface area contributed by atoms with E-state index >= 15 is 0 Å². The standard InChI is InChI=1S/C10H10BrN3O2/c1-15-7-4-2-3-6(9(7)11)10-13-8(5-12)16-14-10/h2-4H,5,12H2,1H3. The van der Waals surface area contributed by atoms with Gasteiger partial charge in [0.25, 0.3) is 0 Å². The minimum atomic E-state index is 0.231. The maximum Gasteiger partial charge on any atom is 0.240 e. The number of ether oxygens (including phenoxy) is 1. The van der Waals surface area contributed by atoms with Crippen molar-refractivity contribution in [1.29, 1.82) is 0 Å². The van der Waals surface area contributed by atoms with Crippen LogP contribution in [-0.4, -0.2) is 17.3 Å². The lowest BCUT2D eigenvalue weighted by molar-refractivity contribution is 0.380. The van der Waals surface area contributed by atoms with Gasteiger partial charge >= 0.3 is 0 Å². The van der Waals surface area contributed by atoms with Gasteiger partial charge in [0.05, 0.1) is 18.1 Å². The third-order valence-corrected chi connectivity index (χ3v) is 2.88. The molecule has 0 atom stereocenters. The van der Waals surface area contributed by atoms with Crippen LogP contribution in [0.2, 0.25) is 0 Å². The molecule has 2 rings (SSSR count). The minimum absolute atomic E-state index is 0.231. The van der Waals surface area contributed by atoms with Crippen molar-refractivity contribution in [1.82, 2.24) is 10.1 Å². The van der Waals surface area contributed by atoms with Gasteiger partial charge in [-0.1, -0.05) is 11.2 Å². The Balaban J connectivity index is 2.47. The number of hydrogen-bond acceptors (Lipinski definition) is 5. The molecule has 84 valence electrons. The van der Waals surface area contributed by atoms with E-state index in [-0.39, 0.29) is 6.54 Å². The highest BCUT2D eigenvalue weighted by atomic mass is 79.9. The van der Waals surface area contributed by atoms with Gasteiger partial charge in [0, 0.05) is 5.56 Å². The lowest BCUT2D eigenvalue weighted by atomic mass is 10.2. The number of rotatable bonds is 3. The molecule has 6 heteroatoms. The average Bonchev–Trinajstić information content (AvgIpc) is 2.78. The fourth-order valence-electron chi connectivity index (χ4n) is 1.29. The van der Waals surface area contributed by atoms with Crippen molar-refractivity contribution in [2.24, 2.45) is 5.73 Å². The number of methoxy groups -OCH3 is 1. The lowest BCUT2D eigenvalue weighted by Gasteiger charge is -2.05. The molecule has 16 heavy (non-hydrogen) atoms. The molecule has 0 aliphatic rings. The molecular formula is C10H10BrN3O2. The molecule has 2 N–H and O–H groups in total. The van der Waals surface area contributed by atoms with Crippen LogP contribution in [0.4, 0.5) is 0 Å². The highest BCUT2D eigenvalue weighted by Crippen LogP contribution is 2.33. The first-order chi connectivity index (χ1) is 7.76. The highest BCUT2D eigenvalue weighted by Gasteiger charge is 2.13. The summed E-state index contributed by atoms with van der Waals surface area (Å²) in [6.45, 7) is 0.231. The minimum Gasteiger partial charge on any atom is -0.496 e. The fourth-order valence-corrected chi connectivity index (χ4v) is 1.89. The average molecular weight is 284 g/mol. The zero-order chi connectivity index (χ0) is 11.5. The third-order valence-electron chi connectivity index (χ3n) is 2.07. The van der Waals surface area contributed by atoms with E-state index in [2.05, 4.69) is 26.1 Å². The van der Waals surface area contributed by atoms with Gasteiger partial charge in [0.1, 0.15) is 5.75 Å². The van der Waals surface area contributed by atoms with Crippen LogP contribution in [0.25, 0.3) is 11.4 Å². The van der Waals surface area contributed by atoms with Gasteiger partial charge in [-0.25, -0.2) is 0 Å². The molecule has 1 heterocycles. The molecule has 0 unspecified atom stereocenters. The summed E-state index contributed by atoms with van der Waals surface area (Å²) >= 11 is 3.43. The van der Waals surface area contributed by atoms with Crippen molar-refractivity contribution in [3.63, 3.8) is 0 Å². The van der Waals surface area contributed by atoms with E-state index in [0.717, 1.165) is 15.8 Å². The second kappa shape index (κ2) is 4.63. The second-order valence-corrected chi connectivity index (χ2v) is 3.83. The van der Waals surface area contributed by atoms with E-state index in [9.17, 15) is 0 Å². The zero-order valence-electron chi connectivity index (χ0n) is 8.61. The summed E-state index contributed by atoms with van der Waals surface area (Å²) in [5.41, 5.74) is 6.21. The number of nitrogens with zero attached hydrogens (tertiary/aromatic N) is 2. The molecule has 0 saturated carbocycles. The second-order valence-electron chi connectivity index (χ2n) is 3.04. The Kier molecular flexibility index (Phi) is 3.21. The molecule has 0 bridgehead atoms. The van der Waals surface area contributed by atoms with Crippen LogP contribution in [-0.2, 0) is 6.54 Å². The van der Waals surface area contributed by atoms with Gasteiger partial charge < -0.3 is 15.0 Å². The van der Waals surface area contributed by atoms with Crippen LogP contribution in [0.3, 0.4) is 0 Å². The normalized spacial score (nSPS) is 10.4. The van der Waals surface area contributed by atoms with E-state index in [1.54, 1.807) is 7.11 Å². The van der Waals surface area contributed by atoms with Crippen LogP contribution in [0.15, 0.2) is 27.2 Å². The van der Waals surface area contributed by atoms with Crippen molar-refractivity contribution < 1.29 is 9.26 Å². The molecule has 0 aliphatic carbocycles. The molecule has 0 fully saturated rings. The van der Waals surface area contributed by atoms with Gasteiger partial charge in [-0.15, -0.1) is 0 Å². The largest absolute Gasteiger partial charge is 0.496 e. The van der Waals surface area contributed by atoms with E-state index in [0.29, 0.717) is 11.7 Å². The van der Waals surface area contributed by atoms with Crippen molar-refractivity contribution in [3.8, 4) is 17.1 Å². The van der Waals surface area contributed by atoms with E-state index in [4.69, 9.17) is 15.0 Å². The van der Waals surface area contributed by atoms with Crippen LogP contribution in [0.1, 0.15) is 5.89 Å². The maximum absolute atomic E-state index is 5.40. The molecule has 0 amide bonds. The van der Waals surface area contributed by atoms with Crippen molar-refractivity contribution >= 4 is 15.9 Å². The van der Waals surface area contributed by atoms with Crippen molar-refractivity contribution in [2.45, 2.75) is 6.54 Å². The predicted molar refractivity (Wildman–Crippen MR) is 61.9 cm³/mol. The number of hydrogen-bond donors (Lipinski definition) is 1. The topological polar surface area (TPSA) is 74.2 Å². The van der Waals surface area contributed by atoms with E-state index in [1.165, 1.54) is 0 Å². The Bertz CT molecular complexity index is 499. The van der Waals surface area contributed by atoms with Crippen LogP contribution >= 0.6 is 15.9 Å². The first-order valence-corrected chi connectivity index (χ1v) is 5.41. The van der Waals surface area contributed by atoms with Gasteiger partial charge in [-0.2, -0.15) is 4.98 Å². The van der Waals surface area contributed by atoms with Gasteiger partial charge in [-0.3, -0.25) is 0 Å². The summed E-state index contributed by atoms with van der Waals surface area (Å²) in [5, 5.41) is 3.84. The molecular weight excluding hydrogens is 274 g/mol. The van der Waals surface area contributed by atoms with Gasteiger partial charge in [0.15, 0.2) is 0 Å². The number of nitrogens with two attached hydrogens (primary N) is 1. The number of benzene rings is 1. The predicted octanol–water partition coefficient (Wildman–Crippen LogP) is 1.97. The van der Waals surface area contributed by atoms with Crippen molar-refractivity contribution in [3.05, 3.63) is 28.6 Å². The quantitative estimate of drug-likeness (QED) is 0.932. The Labute approximate surface area is 101 Å². The Morgan fingerprint density at radius 3 is 2.94 bits per heavy atom. The SMILES string of the molecule is COc1cccc(-c2noc(CN)n2)c1Br. The number of aromatic nitrogens is 2. The molecule has 1 aromatic heterocycles. The van der Waals surface area contributed by atoms with Crippen LogP contribution in [0, 0.1) is 0 Å². The molecule has 5 nitrogen and oxygen atoms in total. The van der Waals surface area contributed by atoms with Crippen LogP contribution < -0.4 is 10.5 Å². The third kappa shape index (κ3) is 1.94. The Hall–Kier alpha value is -1.40.